The van der Waals surface area contributed by atoms with Crippen LogP contribution in [0.4, 0.5) is 4.39 Å². The Labute approximate surface area is 192 Å². The van der Waals surface area contributed by atoms with E-state index in [-0.39, 0.29) is 17.9 Å². The first-order valence-electron chi connectivity index (χ1n) is 10.3. The van der Waals surface area contributed by atoms with Crippen molar-refractivity contribution in [2.24, 2.45) is 5.73 Å². The number of hydrogen-bond donors (Lipinski definition) is 2. The Hall–Kier alpha value is -2.72. The molecule has 0 radical (unpaired) electrons. The Morgan fingerprint density at radius 1 is 1.38 bits per heavy atom. The van der Waals surface area contributed by atoms with Crippen molar-refractivity contribution in [3.05, 3.63) is 62.3 Å². The van der Waals surface area contributed by atoms with Crippen LogP contribution in [0.3, 0.4) is 0 Å². The number of aromatic nitrogens is 2. The van der Waals surface area contributed by atoms with Crippen molar-refractivity contribution in [3.8, 4) is 0 Å². The summed E-state index contributed by atoms with van der Waals surface area (Å²) in [5, 5.41) is 0.725. The number of hydrogen-bond acceptors (Lipinski definition) is 6. The minimum absolute atomic E-state index is 0.0970. The fraction of sp³-hybridized carbons (Fsp3) is 0.364. The molecule has 1 unspecified atom stereocenters. The third-order valence-corrected chi connectivity index (χ3v) is 7.69. The highest BCUT2D eigenvalue weighted by molar-refractivity contribution is 7.98. The van der Waals surface area contributed by atoms with E-state index in [2.05, 4.69) is 9.97 Å². The van der Waals surface area contributed by atoms with Gasteiger partial charge in [0.25, 0.3) is 5.56 Å². The number of H-pyrrole nitrogens is 1. The number of primary amides is 1. The third kappa shape index (κ3) is 4.56. The molecule has 1 aliphatic rings. The Morgan fingerprint density at radius 2 is 2.19 bits per heavy atom. The highest BCUT2D eigenvalue weighted by Crippen LogP contribution is 2.34. The van der Waals surface area contributed by atoms with Gasteiger partial charge in [-0.05, 0) is 42.5 Å². The standard InChI is InChI=1S/C22H23FN4O3S2/c1-27(19(20(24)29)12-4-2-5-13(23)10-12)17(28)8-9-31-11-16-25-21(30)18-14-6-3-7-15(14)32-22(18)26-16/h2,4-5,10,19H,3,6-9,11H2,1H3,(H2,24,29)(H,25,26,30). The minimum Gasteiger partial charge on any atom is -0.368 e. The first-order valence-corrected chi connectivity index (χ1v) is 12.2. The lowest BCUT2D eigenvalue weighted by molar-refractivity contribution is -0.137. The number of carbonyl (C=O) groups is 2. The van der Waals surface area contributed by atoms with Crippen LogP contribution in [0.5, 0.6) is 0 Å². The highest BCUT2D eigenvalue weighted by atomic mass is 32.2. The monoisotopic (exact) mass is 474 g/mol. The largest absolute Gasteiger partial charge is 0.368 e. The molecule has 168 valence electrons. The average molecular weight is 475 g/mol. The summed E-state index contributed by atoms with van der Waals surface area (Å²) in [5.74, 6) is 0.0192. The van der Waals surface area contributed by atoms with Crippen molar-refractivity contribution in [2.45, 2.75) is 37.5 Å². The van der Waals surface area contributed by atoms with Crippen LogP contribution < -0.4 is 11.3 Å². The summed E-state index contributed by atoms with van der Waals surface area (Å²) in [7, 11) is 1.48. The molecule has 3 N–H and O–H groups in total. The molecule has 0 aliphatic heterocycles. The summed E-state index contributed by atoms with van der Waals surface area (Å²) < 4.78 is 13.5. The van der Waals surface area contributed by atoms with Gasteiger partial charge in [0.05, 0.1) is 11.1 Å². The van der Waals surface area contributed by atoms with E-state index in [1.807, 2.05) is 0 Å². The second kappa shape index (κ2) is 9.41. The van der Waals surface area contributed by atoms with Crippen molar-refractivity contribution < 1.29 is 14.0 Å². The third-order valence-electron chi connectivity index (χ3n) is 5.54. The predicted octanol–water partition coefficient (Wildman–Crippen LogP) is 2.92. The Morgan fingerprint density at radius 3 is 2.94 bits per heavy atom. The van der Waals surface area contributed by atoms with Crippen LogP contribution in [-0.2, 0) is 28.2 Å². The van der Waals surface area contributed by atoms with E-state index in [0.717, 1.165) is 35.0 Å². The summed E-state index contributed by atoms with van der Waals surface area (Å²) in [4.78, 5) is 47.8. The van der Waals surface area contributed by atoms with Crippen LogP contribution >= 0.6 is 23.1 Å². The fourth-order valence-corrected chi connectivity index (χ4v) is 6.09. The highest BCUT2D eigenvalue weighted by Gasteiger charge is 2.27. The maximum absolute atomic E-state index is 13.5. The Kier molecular flexibility index (Phi) is 6.61. The lowest BCUT2D eigenvalue weighted by Gasteiger charge is -2.26. The molecule has 10 heteroatoms. The molecule has 0 spiro atoms. The van der Waals surface area contributed by atoms with Crippen LogP contribution in [0.15, 0.2) is 29.1 Å². The van der Waals surface area contributed by atoms with Crippen molar-refractivity contribution in [2.75, 3.05) is 12.8 Å². The summed E-state index contributed by atoms with van der Waals surface area (Å²) in [6, 6.07) is 4.47. The van der Waals surface area contributed by atoms with E-state index in [0.29, 0.717) is 22.9 Å². The number of fused-ring (bicyclic) bond motifs is 3. The molecule has 2 heterocycles. The number of thioether (sulfide) groups is 1. The first-order chi connectivity index (χ1) is 15.3. The number of rotatable bonds is 8. The summed E-state index contributed by atoms with van der Waals surface area (Å²) in [5.41, 5.74) is 6.86. The number of nitrogens with one attached hydrogen (secondary N) is 1. The number of aromatic amines is 1. The molecule has 0 bridgehead atoms. The maximum Gasteiger partial charge on any atom is 0.259 e. The van der Waals surface area contributed by atoms with E-state index in [9.17, 15) is 18.8 Å². The second-order valence-corrected chi connectivity index (χ2v) is 9.91. The molecule has 32 heavy (non-hydrogen) atoms. The van der Waals surface area contributed by atoms with Gasteiger partial charge in [-0.2, -0.15) is 11.8 Å². The SMILES string of the molecule is CN(C(=O)CCSCc1nc2sc3c(c2c(=O)[nH]1)CCC3)C(C(N)=O)c1cccc(F)c1. The van der Waals surface area contributed by atoms with Gasteiger partial charge >= 0.3 is 0 Å². The lowest BCUT2D eigenvalue weighted by Crippen LogP contribution is -2.39. The zero-order valence-corrected chi connectivity index (χ0v) is 19.2. The fourth-order valence-electron chi connectivity index (χ4n) is 4.02. The number of amides is 2. The molecule has 1 aromatic carbocycles. The van der Waals surface area contributed by atoms with Gasteiger partial charge in [0.2, 0.25) is 11.8 Å². The topological polar surface area (TPSA) is 109 Å². The predicted molar refractivity (Wildman–Crippen MR) is 124 cm³/mol. The molecule has 1 atom stereocenters. The molecule has 0 saturated heterocycles. The lowest BCUT2D eigenvalue weighted by atomic mass is 10.0. The van der Waals surface area contributed by atoms with E-state index >= 15 is 0 Å². The molecule has 1 aliphatic carbocycles. The average Bonchev–Trinajstić information content (AvgIpc) is 3.31. The molecule has 4 rings (SSSR count). The molecule has 0 fully saturated rings. The Balaban J connectivity index is 1.35. The molecular formula is C22H23FN4O3S2. The number of aryl methyl sites for hydroxylation is 2. The molecule has 2 aromatic heterocycles. The molecule has 7 nitrogen and oxygen atoms in total. The van der Waals surface area contributed by atoms with Crippen LogP contribution in [0.25, 0.3) is 10.2 Å². The van der Waals surface area contributed by atoms with E-state index in [1.54, 1.807) is 17.4 Å². The smallest absolute Gasteiger partial charge is 0.259 e. The minimum atomic E-state index is -1.04. The molecule has 0 saturated carbocycles. The summed E-state index contributed by atoms with van der Waals surface area (Å²) in [6.45, 7) is 0. The zero-order valence-electron chi connectivity index (χ0n) is 17.5. The zero-order chi connectivity index (χ0) is 22.8. The molecular weight excluding hydrogens is 451 g/mol. The number of halogens is 1. The van der Waals surface area contributed by atoms with Crippen LogP contribution in [0.1, 0.15) is 40.7 Å². The van der Waals surface area contributed by atoms with Gasteiger partial charge in [-0.3, -0.25) is 14.4 Å². The van der Waals surface area contributed by atoms with Gasteiger partial charge in [0.15, 0.2) is 0 Å². The van der Waals surface area contributed by atoms with Crippen LogP contribution in [-0.4, -0.2) is 39.5 Å². The number of thiophene rings is 1. The number of carbonyl (C=O) groups excluding carboxylic acids is 2. The van der Waals surface area contributed by atoms with Crippen molar-refractivity contribution >= 4 is 45.1 Å². The van der Waals surface area contributed by atoms with Crippen LogP contribution in [0, 0.1) is 5.82 Å². The van der Waals surface area contributed by atoms with Gasteiger partial charge in [0.1, 0.15) is 22.5 Å². The van der Waals surface area contributed by atoms with Crippen molar-refractivity contribution in [3.63, 3.8) is 0 Å². The quantitative estimate of drug-likeness (QED) is 0.488. The summed E-state index contributed by atoms with van der Waals surface area (Å²) in [6.07, 6.45) is 3.20. The molecule has 2 amide bonds. The van der Waals surface area contributed by atoms with Crippen molar-refractivity contribution in [1.82, 2.24) is 14.9 Å². The van der Waals surface area contributed by atoms with Gasteiger partial charge in [0, 0.05) is 24.1 Å². The normalized spacial score (nSPS) is 13.8. The summed E-state index contributed by atoms with van der Waals surface area (Å²) >= 11 is 3.06. The maximum atomic E-state index is 13.5. The number of nitrogens with two attached hydrogens (primary N) is 1. The number of benzene rings is 1. The molecule has 3 aromatic rings. The van der Waals surface area contributed by atoms with Gasteiger partial charge < -0.3 is 15.6 Å². The van der Waals surface area contributed by atoms with Gasteiger partial charge in [-0.1, -0.05) is 12.1 Å². The number of likely N-dealkylation sites (N-methyl/N-ethyl adjacent to an activating group) is 1. The van der Waals surface area contributed by atoms with E-state index < -0.39 is 17.8 Å². The Bertz CT molecular complexity index is 1240. The van der Waals surface area contributed by atoms with E-state index in [1.165, 1.54) is 46.8 Å². The van der Waals surface area contributed by atoms with Gasteiger partial charge in [-0.15, -0.1) is 11.3 Å². The van der Waals surface area contributed by atoms with E-state index in [4.69, 9.17) is 5.73 Å². The second-order valence-electron chi connectivity index (χ2n) is 7.72. The van der Waals surface area contributed by atoms with Gasteiger partial charge in [-0.25, -0.2) is 9.37 Å². The first kappa shape index (κ1) is 22.5. The van der Waals surface area contributed by atoms with Crippen molar-refractivity contribution in [1.29, 1.82) is 0 Å². The van der Waals surface area contributed by atoms with Crippen LogP contribution in [0.2, 0.25) is 0 Å². The number of nitrogens with zero attached hydrogens (tertiary/aromatic N) is 2.